The number of allylic oxidation sites excluding steroid dienone is 1. The zero-order valence-electron chi connectivity index (χ0n) is 26.2. The molecular formula is C38H50Br2N2O. The Morgan fingerprint density at radius 3 is 2.37 bits per heavy atom. The fourth-order valence-corrected chi connectivity index (χ4v) is 7.16. The molecule has 4 rings (SSSR count). The minimum atomic E-state index is -1.26. The van der Waals surface area contributed by atoms with Crippen LogP contribution in [0.2, 0.25) is 0 Å². The van der Waals surface area contributed by atoms with Crippen LogP contribution in [0.5, 0.6) is 0 Å². The summed E-state index contributed by atoms with van der Waals surface area (Å²) in [7, 11) is 0. The van der Waals surface area contributed by atoms with E-state index in [-0.39, 0.29) is 17.9 Å². The average molecular weight is 711 g/mol. The molecule has 0 heterocycles. The second-order valence-corrected chi connectivity index (χ2v) is 14.2. The quantitative estimate of drug-likeness (QED) is 0.138. The molecular weight excluding hydrogens is 660 g/mol. The summed E-state index contributed by atoms with van der Waals surface area (Å²) >= 11 is 7.35. The van der Waals surface area contributed by atoms with Gasteiger partial charge in [0.25, 0.3) is 0 Å². The topological polar surface area (TPSA) is 58.3 Å². The van der Waals surface area contributed by atoms with Crippen LogP contribution in [-0.2, 0) is 5.60 Å². The van der Waals surface area contributed by atoms with E-state index in [1.165, 1.54) is 44.2 Å². The van der Waals surface area contributed by atoms with Gasteiger partial charge in [-0.2, -0.15) is 0 Å². The van der Waals surface area contributed by atoms with E-state index in [2.05, 4.69) is 131 Å². The lowest BCUT2D eigenvalue weighted by atomic mass is 9.66. The second kappa shape index (κ2) is 16.4. The predicted molar refractivity (Wildman–Crippen MR) is 190 cm³/mol. The summed E-state index contributed by atoms with van der Waals surface area (Å²) in [5.74, 6) is 0.170. The van der Waals surface area contributed by atoms with Crippen molar-refractivity contribution >= 4 is 31.9 Å². The van der Waals surface area contributed by atoms with Crippen molar-refractivity contribution in [3.05, 3.63) is 104 Å². The van der Waals surface area contributed by atoms with Gasteiger partial charge in [0.15, 0.2) is 0 Å². The van der Waals surface area contributed by atoms with Gasteiger partial charge in [-0.05, 0) is 83.7 Å². The van der Waals surface area contributed by atoms with Crippen LogP contribution >= 0.6 is 31.9 Å². The Kier molecular flexibility index (Phi) is 13.0. The maximum absolute atomic E-state index is 13.4. The van der Waals surface area contributed by atoms with Crippen molar-refractivity contribution in [2.24, 2.45) is 17.6 Å². The predicted octanol–water partition coefficient (Wildman–Crippen LogP) is 10.8. The van der Waals surface area contributed by atoms with Gasteiger partial charge < -0.3 is 16.2 Å². The number of hydrogen-bond acceptors (Lipinski definition) is 3. The normalized spacial score (nSPS) is 19.0. The maximum atomic E-state index is 13.4. The van der Waals surface area contributed by atoms with E-state index < -0.39 is 5.60 Å². The van der Waals surface area contributed by atoms with Crippen molar-refractivity contribution < 1.29 is 5.11 Å². The first kappa shape index (κ1) is 34.0. The molecule has 43 heavy (non-hydrogen) atoms. The van der Waals surface area contributed by atoms with Crippen LogP contribution in [0.15, 0.2) is 87.4 Å². The van der Waals surface area contributed by atoms with Gasteiger partial charge in [-0.25, -0.2) is 0 Å². The van der Waals surface area contributed by atoms with Crippen LogP contribution in [0.4, 0.5) is 0 Å². The highest BCUT2D eigenvalue weighted by atomic mass is 79.9. The molecule has 0 aromatic heterocycles. The van der Waals surface area contributed by atoms with Crippen molar-refractivity contribution in [1.29, 1.82) is 0 Å². The zero-order chi connectivity index (χ0) is 30.8. The number of nitrogens with one attached hydrogen (secondary N) is 1. The molecule has 4 atom stereocenters. The molecule has 4 N–H and O–H groups in total. The number of halogens is 2. The molecule has 4 unspecified atom stereocenters. The minimum Gasteiger partial charge on any atom is -0.389 e. The van der Waals surface area contributed by atoms with E-state index >= 15 is 0 Å². The van der Waals surface area contributed by atoms with Crippen molar-refractivity contribution in [2.75, 3.05) is 6.54 Å². The summed E-state index contributed by atoms with van der Waals surface area (Å²) in [6, 6.07) is 23.2. The molecule has 5 heteroatoms. The van der Waals surface area contributed by atoms with E-state index in [0.717, 1.165) is 69.0 Å². The molecule has 1 aliphatic carbocycles. The zero-order valence-corrected chi connectivity index (χ0v) is 29.4. The molecule has 0 saturated carbocycles. The monoisotopic (exact) mass is 708 g/mol. The average Bonchev–Trinajstić information content (AvgIpc) is 3.02. The van der Waals surface area contributed by atoms with Crippen LogP contribution < -0.4 is 11.1 Å². The van der Waals surface area contributed by atoms with Gasteiger partial charge in [-0.3, -0.25) is 0 Å². The lowest BCUT2D eigenvalue weighted by Crippen LogP contribution is -2.42. The van der Waals surface area contributed by atoms with Crippen molar-refractivity contribution in [2.45, 2.75) is 96.6 Å². The van der Waals surface area contributed by atoms with Crippen LogP contribution in [0.1, 0.15) is 108 Å². The maximum Gasteiger partial charge on any atom is 0.122 e. The lowest BCUT2D eigenvalue weighted by Gasteiger charge is -2.43. The number of rotatable bonds is 15. The second-order valence-electron chi connectivity index (χ2n) is 12.4. The first-order chi connectivity index (χ1) is 20.8. The Morgan fingerprint density at radius 2 is 1.63 bits per heavy atom. The third-order valence-corrected chi connectivity index (χ3v) is 10.2. The third-order valence-electron chi connectivity index (χ3n) is 9.15. The largest absolute Gasteiger partial charge is 0.389 e. The lowest BCUT2D eigenvalue weighted by molar-refractivity contribution is 0.00957. The number of aliphatic hydroxyl groups is 1. The van der Waals surface area contributed by atoms with Gasteiger partial charge >= 0.3 is 0 Å². The highest BCUT2D eigenvalue weighted by Crippen LogP contribution is 2.49. The van der Waals surface area contributed by atoms with E-state index in [9.17, 15) is 5.11 Å². The number of unbranched alkanes of at least 4 members (excludes halogenated alkanes) is 5. The highest BCUT2D eigenvalue weighted by Gasteiger charge is 2.45. The fraction of sp³-hybridized carbons (Fsp3) is 0.474. The van der Waals surface area contributed by atoms with Crippen molar-refractivity contribution in [3.63, 3.8) is 0 Å². The van der Waals surface area contributed by atoms with Gasteiger partial charge in [0.2, 0.25) is 0 Å². The smallest absolute Gasteiger partial charge is 0.122 e. The van der Waals surface area contributed by atoms with Gasteiger partial charge in [-0.15, -0.1) is 0 Å². The van der Waals surface area contributed by atoms with Crippen LogP contribution in [0.3, 0.4) is 0 Å². The molecule has 0 spiro atoms. The van der Waals surface area contributed by atoms with Crippen molar-refractivity contribution in [3.8, 4) is 11.1 Å². The summed E-state index contributed by atoms with van der Waals surface area (Å²) in [5, 5.41) is 17.2. The Balaban J connectivity index is 1.84. The molecule has 0 aliphatic heterocycles. The molecule has 0 amide bonds. The van der Waals surface area contributed by atoms with Gasteiger partial charge in [0, 0.05) is 33.1 Å². The third kappa shape index (κ3) is 8.63. The number of benzene rings is 3. The molecule has 232 valence electrons. The summed E-state index contributed by atoms with van der Waals surface area (Å²) in [4.78, 5) is 0. The molecule has 0 saturated heterocycles. The summed E-state index contributed by atoms with van der Waals surface area (Å²) < 4.78 is 1.99. The van der Waals surface area contributed by atoms with Crippen LogP contribution in [0, 0.1) is 11.8 Å². The van der Waals surface area contributed by atoms with Gasteiger partial charge in [0.1, 0.15) is 5.60 Å². The fourth-order valence-electron chi connectivity index (χ4n) is 6.54. The molecule has 0 fully saturated rings. The molecule has 0 bridgehead atoms. The molecule has 0 radical (unpaired) electrons. The Hall–Kier alpha value is -1.92. The van der Waals surface area contributed by atoms with E-state index in [4.69, 9.17) is 5.73 Å². The Bertz CT molecular complexity index is 1340. The molecule has 1 aliphatic rings. The first-order valence-corrected chi connectivity index (χ1v) is 17.9. The van der Waals surface area contributed by atoms with Crippen LogP contribution in [-0.4, -0.2) is 11.7 Å². The molecule has 3 aromatic rings. The van der Waals surface area contributed by atoms with E-state index in [1.54, 1.807) is 0 Å². The van der Waals surface area contributed by atoms with Gasteiger partial charge in [0.05, 0.1) is 0 Å². The van der Waals surface area contributed by atoms with E-state index in [0.29, 0.717) is 0 Å². The standard InChI is InChI=1S/C38H50Br2N2O/c1-4-6-8-10-23-42-33-21-15-27(3)35(26-33)38(43,30-13-11-12-29(24-30)37(41)14-9-7-5-2)36-25-32(40)20-22-34(36)28-16-18-31(39)19-17-28/h11-13,16-20,22,24-27,35,37,42-43H,4-10,14-15,21,23,41H2,1-3H3. The summed E-state index contributed by atoms with van der Waals surface area (Å²) in [6.07, 6.45) is 13.7. The molecule has 3 aromatic carbocycles. The Morgan fingerprint density at radius 1 is 0.907 bits per heavy atom. The molecule has 3 nitrogen and oxygen atoms in total. The van der Waals surface area contributed by atoms with Crippen molar-refractivity contribution in [1.82, 2.24) is 5.32 Å². The summed E-state index contributed by atoms with van der Waals surface area (Å²) in [5.41, 5.74) is 11.8. The highest BCUT2D eigenvalue weighted by molar-refractivity contribution is 9.10. The first-order valence-electron chi connectivity index (χ1n) is 16.4. The number of hydrogen-bond donors (Lipinski definition) is 3. The minimum absolute atomic E-state index is 0.0520. The van der Waals surface area contributed by atoms with Crippen LogP contribution in [0.25, 0.3) is 11.1 Å². The Labute approximate surface area is 277 Å². The SMILES string of the molecule is CCCCCCNC1=CC(C(O)(c2cccc(C(N)CCCCC)c2)c2cc(Br)ccc2-c2ccc(Br)cc2)C(C)CC1. The van der Waals surface area contributed by atoms with Gasteiger partial charge in [-0.1, -0.05) is 140 Å². The summed E-state index contributed by atoms with van der Waals surface area (Å²) in [6.45, 7) is 7.75. The number of nitrogens with two attached hydrogens (primary N) is 1. The van der Waals surface area contributed by atoms with E-state index in [1.807, 2.05) is 0 Å².